The molecule has 4 rings (SSSR count). The highest BCUT2D eigenvalue weighted by Crippen LogP contribution is 2.37. The fraction of sp³-hybridized carbons (Fsp3) is 0.375. The predicted molar refractivity (Wildman–Crippen MR) is 108 cm³/mol. The van der Waals surface area contributed by atoms with Crippen molar-refractivity contribution < 1.29 is 18.8 Å². The minimum absolute atomic E-state index is 0.0968. The third-order valence-electron chi connectivity index (χ3n) is 6.32. The number of likely N-dealkylation sites (N-methyl/N-ethyl adjacent to an activating group) is 1. The van der Waals surface area contributed by atoms with Gasteiger partial charge in [-0.3, -0.25) is 4.79 Å². The van der Waals surface area contributed by atoms with Crippen LogP contribution >= 0.6 is 0 Å². The van der Waals surface area contributed by atoms with Crippen molar-refractivity contribution in [3.8, 4) is 0 Å². The number of esters is 1. The highest BCUT2D eigenvalue weighted by atomic mass is 16.6. The smallest absolute Gasteiger partial charge is 0.321 e. The van der Waals surface area contributed by atoms with Gasteiger partial charge in [-0.25, -0.2) is 0 Å². The second-order valence-corrected chi connectivity index (χ2v) is 8.56. The molecular weight excluding hydrogens is 350 g/mol. The standard InChI is InChI=1S/C24H28NO3/c1-24(18-10-6-4-7-11-18,19-12-8-5-9-13-19)23(26)28-20-14-15-25(2,3)21(16-20)22-17-27-22/h4-13,17,20-21H,14-16H2,1-3H3/q+1. The number of quaternary nitrogens is 1. The van der Waals surface area contributed by atoms with E-state index >= 15 is 0 Å². The minimum atomic E-state index is -0.838. The summed E-state index contributed by atoms with van der Waals surface area (Å²) >= 11 is 0. The Kier molecular flexibility index (Phi) is 4.76. The van der Waals surface area contributed by atoms with E-state index in [1.54, 1.807) is 0 Å². The SMILES string of the molecule is CC(C(=O)OC1CC[N+](C)(C)C(C2=CO2)C1)(c1ccccc1)c1ccccc1. The zero-order chi connectivity index (χ0) is 19.8. The van der Waals surface area contributed by atoms with Gasteiger partial charge in [0.2, 0.25) is 0 Å². The van der Waals surface area contributed by atoms with E-state index in [4.69, 9.17) is 9.47 Å². The van der Waals surface area contributed by atoms with Gasteiger partial charge in [0.25, 0.3) is 0 Å². The fourth-order valence-electron chi connectivity index (χ4n) is 4.26. The number of hydrogen-bond donors (Lipinski definition) is 0. The van der Waals surface area contributed by atoms with E-state index in [-0.39, 0.29) is 18.1 Å². The van der Waals surface area contributed by atoms with E-state index in [9.17, 15) is 4.79 Å². The maximum atomic E-state index is 13.5. The van der Waals surface area contributed by atoms with Crippen LogP contribution in [0.15, 0.2) is 72.7 Å². The Labute approximate surface area is 167 Å². The van der Waals surface area contributed by atoms with Crippen molar-refractivity contribution in [3.63, 3.8) is 0 Å². The zero-order valence-corrected chi connectivity index (χ0v) is 16.8. The van der Waals surface area contributed by atoms with Crippen molar-refractivity contribution in [2.24, 2.45) is 0 Å². The maximum absolute atomic E-state index is 13.5. The molecule has 0 radical (unpaired) electrons. The van der Waals surface area contributed by atoms with Crippen LogP contribution in [-0.2, 0) is 19.7 Å². The Morgan fingerprint density at radius 1 is 1.04 bits per heavy atom. The molecule has 2 aliphatic heterocycles. The van der Waals surface area contributed by atoms with Gasteiger partial charge in [-0.1, -0.05) is 60.7 Å². The molecule has 2 aromatic rings. The van der Waals surface area contributed by atoms with E-state index in [1.165, 1.54) is 0 Å². The van der Waals surface area contributed by atoms with Crippen LogP contribution in [0.5, 0.6) is 0 Å². The number of nitrogens with zero attached hydrogens (tertiary/aromatic N) is 1. The van der Waals surface area contributed by atoms with Gasteiger partial charge in [-0.2, -0.15) is 0 Å². The number of ether oxygens (including phenoxy) is 2. The number of piperidine rings is 1. The molecule has 0 aliphatic carbocycles. The molecule has 0 aromatic heterocycles. The van der Waals surface area contributed by atoms with E-state index < -0.39 is 5.41 Å². The number of likely N-dealkylation sites (tertiary alicyclic amines) is 1. The molecule has 28 heavy (non-hydrogen) atoms. The van der Waals surface area contributed by atoms with Crippen LogP contribution in [0.2, 0.25) is 0 Å². The van der Waals surface area contributed by atoms with E-state index in [2.05, 4.69) is 14.1 Å². The zero-order valence-electron chi connectivity index (χ0n) is 16.8. The molecule has 1 fully saturated rings. The van der Waals surface area contributed by atoms with Crippen LogP contribution in [-0.4, -0.2) is 43.2 Å². The second-order valence-electron chi connectivity index (χ2n) is 8.56. The summed E-state index contributed by atoms with van der Waals surface area (Å²) in [7, 11) is 4.42. The van der Waals surface area contributed by atoms with Crippen LogP contribution in [0.1, 0.15) is 30.9 Å². The summed E-state index contributed by atoms with van der Waals surface area (Å²) in [5.74, 6) is 0.839. The summed E-state index contributed by atoms with van der Waals surface area (Å²) in [5, 5.41) is 0. The number of carbonyl (C=O) groups is 1. The first kappa shape index (κ1) is 18.8. The number of hydrogen-bond acceptors (Lipinski definition) is 3. The molecule has 0 amide bonds. The number of carbonyl (C=O) groups excluding carboxylic acids is 1. The molecule has 2 aromatic carbocycles. The fourth-order valence-corrected chi connectivity index (χ4v) is 4.26. The molecule has 1 saturated heterocycles. The van der Waals surface area contributed by atoms with Crippen LogP contribution in [0, 0.1) is 0 Å². The van der Waals surface area contributed by atoms with Gasteiger partial charge in [0.05, 0.1) is 20.6 Å². The Bertz CT molecular complexity index is 834. The average Bonchev–Trinajstić information content (AvgIpc) is 3.55. The van der Waals surface area contributed by atoms with Gasteiger partial charge in [0.15, 0.2) is 11.8 Å². The van der Waals surface area contributed by atoms with Crippen molar-refractivity contribution in [3.05, 3.63) is 83.8 Å². The molecule has 2 atom stereocenters. The molecule has 2 aliphatic rings. The molecule has 0 bridgehead atoms. The van der Waals surface area contributed by atoms with E-state index in [1.807, 2.05) is 73.8 Å². The van der Waals surface area contributed by atoms with Crippen molar-refractivity contribution >= 4 is 5.97 Å². The Hall–Kier alpha value is -2.59. The Morgan fingerprint density at radius 3 is 2.07 bits per heavy atom. The first-order valence-corrected chi connectivity index (χ1v) is 9.93. The summed E-state index contributed by atoms with van der Waals surface area (Å²) in [6.07, 6.45) is 3.37. The summed E-state index contributed by atoms with van der Waals surface area (Å²) in [5.41, 5.74) is 1.06. The highest BCUT2D eigenvalue weighted by molar-refractivity contribution is 5.87. The lowest BCUT2D eigenvalue weighted by molar-refractivity contribution is -0.916. The van der Waals surface area contributed by atoms with Crippen molar-refractivity contribution in [1.82, 2.24) is 0 Å². The lowest BCUT2D eigenvalue weighted by Gasteiger charge is -2.42. The predicted octanol–water partition coefficient (Wildman–Crippen LogP) is 4.01. The van der Waals surface area contributed by atoms with Gasteiger partial charge in [0.1, 0.15) is 17.8 Å². The molecule has 0 N–H and O–H groups in total. The molecule has 0 saturated carbocycles. The normalized spacial score (nSPS) is 23.3. The lowest BCUT2D eigenvalue weighted by atomic mass is 9.76. The number of rotatable bonds is 5. The third kappa shape index (κ3) is 3.45. The van der Waals surface area contributed by atoms with E-state index in [0.717, 1.165) is 40.8 Å². The summed E-state index contributed by atoms with van der Waals surface area (Å²) in [6, 6.07) is 20.1. The quantitative estimate of drug-likeness (QED) is 0.583. The largest absolute Gasteiger partial charge is 0.461 e. The minimum Gasteiger partial charge on any atom is -0.461 e. The van der Waals surface area contributed by atoms with Crippen LogP contribution < -0.4 is 0 Å². The molecule has 2 heterocycles. The molecule has 0 spiro atoms. The molecular formula is C24H28NO3+. The van der Waals surface area contributed by atoms with Crippen molar-refractivity contribution in [2.75, 3.05) is 20.6 Å². The molecule has 2 unspecified atom stereocenters. The first-order chi connectivity index (χ1) is 13.4. The van der Waals surface area contributed by atoms with E-state index in [0.29, 0.717) is 0 Å². The maximum Gasteiger partial charge on any atom is 0.321 e. The van der Waals surface area contributed by atoms with Gasteiger partial charge in [0, 0.05) is 12.8 Å². The summed E-state index contributed by atoms with van der Waals surface area (Å²) in [6.45, 7) is 2.92. The van der Waals surface area contributed by atoms with Gasteiger partial charge < -0.3 is 14.0 Å². The third-order valence-corrected chi connectivity index (χ3v) is 6.32. The van der Waals surface area contributed by atoms with Crippen LogP contribution in [0.4, 0.5) is 0 Å². The monoisotopic (exact) mass is 378 g/mol. The highest BCUT2D eigenvalue weighted by Gasteiger charge is 2.46. The topological polar surface area (TPSA) is 38.8 Å². The molecule has 4 nitrogen and oxygen atoms in total. The second kappa shape index (κ2) is 7.10. The van der Waals surface area contributed by atoms with Gasteiger partial charge in [-0.05, 0) is 18.1 Å². The average molecular weight is 378 g/mol. The summed E-state index contributed by atoms with van der Waals surface area (Å²) < 4.78 is 12.4. The van der Waals surface area contributed by atoms with Crippen LogP contribution in [0.25, 0.3) is 0 Å². The number of benzene rings is 2. The molecule has 146 valence electrons. The van der Waals surface area contributed by atoms with Crippen LogP contribution in [0.3, 0.4) is 0 Å². The lowest BCUT2D eigenvalue weighted by Crippen LogP contribution is -2.56. The van der Waals surface area contributed by atoms with Gasteiger partial charge in [-0.15, -0.1) is 0 Å². The Morgan fingerprint density at radius 2 is 1.57 bits per heavy atom. The summed E-state index contributed by atoms with van der Waals surface area (Å²) in [4.78, 5) is 13.5. The Balaban J connectivity index is 1.59. The van der Waals surface area contributed by atoms with Gasteiger partial charge >= 0.3 is 5.97 Å². The molecule has 4 heteroatoms. The van der Waals surface area contributed by atoms with Crippen molar-refractivity contribution in [1.29, 1.82) is 0 Å². The first-order valence-electron chi connectivity index (χ1n) is 9.93. The van der Waals surface area contributed by atoms with Crippen molar-refractivity contribution in [2.45, 2.75) is 37.3 Å².